The van der Waals surface area contributed by atoms with Gasteiger partial charge in [0, 0.05) is 12.1 Å². The van der Waals surface area contributed by atoms with Gasteiger partial charge in [-0.3, -0.25) is 4.79 Å². The summed E-state index contributed by atoms with van der Waals surface area (Å²) in [6.07, 6.45) is -4.20. The number of hydrogen-bond acceptors (Lipinski definition) is 6. The first-order valence-corrected chi connectivity index (χ1v) is 9.10. The van der Waals surface area contributed by atoms with Gasteiger partial charge in [0.05, 0.1) is 10.9 Å². The van der Waals surface area contributed by atoms with Crippen LogP contribution in [0.15, 0.2) is 30.6 Å². The third kappa shape index (κ3) is 5.53. The Bertz CT molecular complexity index is 1010. The van der Waals surface area contributed by atoms with Crippen LogP contribution in [0.1, 0.15) is 19.4 Å². The van der Waals surface area contributed by atoms with Crippen molar-refractivity contribution in [1.29, 1.82) is 0 Å². The van der Waals surface area contributed by atoms with Crippen molar-refractivity contribution in [2.75, 3.05) is 26.4 Å². The number of anilines is 1. The molecular formula is C20H25F3N6O. The number of aryl methyl sites for hydroxylation is 1. The quantitative estimate of drug-likeness (QED) is 0.648. The lowest BCUT2D eigenvalue weighted by Crippen LogP contribution is -2.38. The van der Waals surface area contributed by atoms with Crippen LogP contribution < -0.4 is 5.73 Å². The van der Waals surface area contributed by atoms with E-state index in [1.807, 2.05) is 4.68 Å². The van der Waals surface area contributed by atoms with E-state index < -0.39 is 12.5 Å². The van der Waals surface area contributed by atoms with Crippen molar-refractivity contribution >= 4 is 23.1 Å². The second-order valence-corrected chi connectivity index (χ2v) is 7.79. The van der Waals surface area contributed by atoms with Crippen LogP contribution in [0.5, 0.6) is 0 Å². The van der Waals surface area contributed by atoms with Crippen molar-refractivity contribution in [3.63, 3.8) is 0 Å². The van der Waals surface area contributed by atoms with Crippen LogP contribution in [0, 0.1) is 6.92 Å². The Labute approximate surface area is 172 Å². The third-order valence-electron chi connectivity index (χ3n) is 4.23. The number of nitrogens with zero attached hydrogens (tertiary/aromatic N) is 5. The van der Waals surface area contributed by atoms with Gasteiger partial charge in [0.1, 0.15) is 17.8 Å². The van der Waals surface area contributed by atoms with Gasteiger partial charge in [0.15, 0.2) is 5.65 Å². The maximum Gasteiger partial charge on any atom is 0.446 e. The molecule has 3 aromatic rings. The van der Waals surface area contributed by atoms with Crippen LogP contribution in [0.3, 0.4) is 0 Å². The molecular weight excluding hydrogens is 397 g/mol. The number of alkyl halides is 3. The number of fused-ring (bicyclic) bond motifs is 1. The van der Waals surface area contributed by atoms with E-state index in [1.54, 1.807) is 0 Å². The molecule has 0 fully saturated rings. The molecule has 162 valence electrons. The molecule has 0 saturated heterocycles. The summed E-state index contributed by atoms with van der Waals surface area (Å²) >= 11 is 0. The number of rotatable bonds is 4. The van der Waals surface area contributed by atoms with Crippen molar-refractivity contribution < 1.29 is 18.0 Å². The van der Waals surface area contributed by atoms with Crippen LogP contribution in [0.4, 0.5) is 19.0 Å². The highest BCUT2D eigenvalue weighted by Gasteiger charge is 2.28. The van der Waals surface area contributed by atoms with Gasteiger partial charge in [-0.05, 0) is 34.9 Å². The molecule has 0 aliphatic rings. The van der Waals surface area contributed by atoms with Crippen LogP contribution in [0.2, 0.25) is 0 Å². The highest BCUT2D eigenvalue weighted by Crippen LogP contribution is 2.33. The lowest BCUT2D eigenvalue weighted by molar-refractivity contribution is -0.156. The summed E-state index contributed by atoms with van der Waals surface area (Å²) in [5.74, 6) is 0.461. The number of aromatic nitrogens is 4. The van der Waals surface area contributed by atoms with E-state index in [-0.39, 0.29) is 5.54 Å². The highest BCUT2D eigenvalue weighted by atomic mass is 19.4. The molecule has 0 radical (unpaired) electrons. The number of halogens is 3. The van der Waals surface area contributed by atoms with E-state index >= 15 is 0 Å². The zero-order valence-electron chi connectivity index (χ0n) is 17.5. The van der Waals surface area contributed by atoms with E-state index in [4.69, 9.17) is 15.6 Å². The van der Waals surface area contributed by atoms with Gasteiger partial charge >= 0.3 is 6.18 Å². The first-order chi connectivity index (χ1) is 13.9. The number of aldehydes is 1. The van der Waals surface area contributed by atoms with Gasteiger partial charge < -0.3 is 10.6 Å². The topological polar surface area (TPSA) is 89.9 Å². The monoisotopic (exact) mass is 422 g/mol. The Balaban J connectivity index is 0.000000469. The van der Waals surface area contributed by atoms with Crippen LogP contribution in [-0.4, -0.2) is 57.8 Å². The average molecular weight is 422 g/mol. The molecule has 2 heterocycles. The Morgan fingerprint density at radius 3 is 2.20 bits per heavy atom. The molecule has 30 heavy (non-hydrogen) atoms. The number of benzene rings is 1. The summed E-state index contributed by atoms with van der Waals surface area (Å²) in [6.45, 7) is 7.20. The normalized spacial score (nSPS) is 12.0. The zero-order valence-corrected chi connectivity index (χ0v) is 17.5. The number of nitrogen functional groups attached to an aromatic ring is 1. The van der Waals surface area contributed by atoms with Gasteiger partial charge in [0.25, 0.3) is 0 Å². The minimum absolute atomic E-state index is 0.231. The summed E-state index contributed by atoms with van der Waals surface area (Å²) in [6, 6.07) is 8.27. The number of hydrogen-bond donors (Lipinski definition) is 1. The Morgan fingerprint density at radius 1 is 1.13 bits per heavy atom. The molecule has 2 aromatic heterocycles. The summed E-state index contributed by atoms with van der Waals surface area (Å²) < 4.78 is 33.2. The van der Waals surface area contributed by atoms with Gasteiger partial charge in [-0.25, -0.2) is 14.6 Å². The molecule has 2 N–H and O–H groups in total. The van der Waals surface area contributed by atoms with E-state index in [1.165, 1.54) is 11.9 Å². The first kappa shape index (κ1) is 23.3. The van der Waals surface area contributed by atoms with E-state index in [0.29, 0.717) is 5.82 Å². The smallest absolute Gasteiger partial charge is 0.383 e. The number of carbonyl (C=O) groups is 1. The van der Waals surface area contributed by atoms with Gasteiger partial charge in [-0.2, -0.15) is 18.3 Å². The fraction of sp³-hybridized carbons (Fsp3) is 0.400. The lowest BCUT2D eigenvalue weighted by atomic mass is 10.1. The predicted octanol–water partition coefficient (Wildman–Crippen LogP) is 3.43. The summed E-state index contributed by atoms with van der Waals surface area (Å²) in [7, 11) is 4.11. The Hall–Kier alpha value is -3.01. The molecule has 0 bridgehead atoms. The van der Waals surface area contributed by atoms with Crippen molar-refractivity contribution in [2.24, 2.45) is 0 Å². The number of likely N-dealkylation sites (N-methyl/N-ethyl adjacent to an activating group) is 1. The van der Waals surface area contributed by atoms with Crippen LogP contribution in [-0.2, 0) is 10.3 Å². The van der Waals surface area contributed by atoms with Crippen molar-refractivity contribution in [3.05, 3.63) is 36.2 Å². The molecule has 0 unspecified atom stereocenters. The van der Waals surface area contributed by atoms with Crippen LogP contribution in [0.25, 0.3) is 22.3 Å². The van der Waals surface area contributed by atoms with E-state index in [2.05, 4.69) is 74.0 Å². The number of carbonyl (C=O) groups excluding carboxylic acids is 1. The predicted molar refractivity (Wildman–Crippen MR) is 110 cm³/mol. The lowest BCUT2D eigenvalue weighted by Gasteiger charge is -2.29. The van der Waals surface area contributed by atoms with Gasteiger partial charge in [0.2, 0.25) is 6.29 Å². The fourth-order valence-electron chi connectivity index (χ4n) is 3.15. The standard InChI is InChI=1S/C18H24N6.C2HF3O/c1-12-6-8-13(9-7-12)15-14-16(19)20-11-21-17(14)24(22-15)18(2,3)10-23(4)5;3-2(4,5)1-6/h6-9,11H,10H2,1-5H3,(H2,19,20,21);1H. The summed E-state index contributed by atoms with van der Waals surface area (Å²) in [5, 5.41) is 5.70. The largest absolute Gasteiger partial charge is 0.446 e. The average Bonchev–Trinajstić information content (AvgIpc) is 3.03. The second kappa shape index (κ2) is 8.78. The molecule has 0 aliphatic carbocycles. The van der Waals surface area contributed by atoms with Gasteiger partial charge in [-0.1, -0.05) is 29.8 Å². The third-order valence-corrected chi connectivity index (χ3v) is 4.23. The molecule has 1 aromatic carbocycles. The van der Waals surface area contributed by atoms with E-state index in [9.17, 15) is 13.2 Å². The zero-order chi connectivity index (χ0) is 22.7. The summed E-state index contributed by atoms with van der Waals surface area (Å²) in [5.41, 5.74) is 9.76. The van der Waals surface area contributed by atoms with Crippen molar-refractivity contribution in [1.82, 2.24) is 24.6 Å². The Morgan fingerprint density at radius 2 is 1.70 bits per heavy atom. The Kier molecular flexibility index (Phi) is 6.81. The molecule has 7 nitrogen and oxygen atoms in total. The molecule has 0 saturated carbocycles. The number of nitrogens with two attached hydrogens (primary N) is 1. The van der Waals surface area contributed by atoms with Crippen LogP contribution >= 0.6 is 0 Å². The molecule has 0 aliphatic heterocycles. The maximum atomic E-state index is 10.4. The second-order valence-electron chi connectivity index (χ2n) is 7.79. The highest BCUT2D eigenvalue weighted by molar-refractivity contribution is 5.98. The molecule has 0 amide bonds. The summed E-state index contributed by atoms with van der Waals surface area (Å²) in [4.78, 5) is 19.5. The molecule has 10 heteroatoms. The maximum absolute atomic E-state index is 10.4. The fourth-order valence-corrected chi connectivity index (χ4v) is 3.15. The first-order valence-electron chi connectivity index (χ1n) is 9.10. The molecule has 0 atom stereocenters. The van der Waals surface area contributed by atoms with Crippen molar-refractivity contribution in [3.8, 4) is 11.3 Å². The molecule has 0 spiro atoms. The van der Waals surface area contributed by atoms with Gasteiger partial charge in [-0.15, -0.1) is 0 Å². The molecule has 3 rings (SSSR count). The minimum atomic E-state index is -4.64. The SMILES string of the molecule is Cc1ccc(-c2nn(C(C)(C)CN(C)C)c3ncnc(N)c23)cc1.O=CC(F)(F)F. The minimum Gasteiger partial charge on any atom is -0.383 e. The van der Waals surface area contributed by atoms with E-state index in [0.717, 1.165) is 28.8 Å². The van der Waals surface area contributed by atoms with Crippen molar-refractivity contribution in [2.45, 2.75) is 32.5 Å².